The van der Waals surface area contributed by atoms with E-state index in [2.05, 4.69) is 10.3 Å². The van der Waals surface area contributed by atoms with Gasteiger partial charge in [-0.3, -0.25) is 0 Å². The standard InChI is InChI=1S/C13H20N2O2/c1-2-17-13-8-4-7-12(15-13)14-11-6-3-5-10(11)9-16/h4,7-8,10-11,16H,2-3,5-6,9H2,1H3,(H,14,15). The summed E-state index contributed by atoms with van der Waals surface area (Å²) in [5.41, 5.74) is 0. The maximum atomic E-state index is 9.27. The molecule has 2 rings (SSSR count). The summed E-state index contributed by atoms with van der Waals surface area (Å²) in [6.07, 6.45) is 3.37. The molecule has 1 fully saturated rings. The molecule has 17 heavy (non-hydrogen) atoms. The molecule has 0 saturated heterocycles. The lowest BCUT2D eigenvalue weighted by atomic mass is 10.1. The van der Waals surface area contributed by atoms with Crippen LogP contribution in [-0.2, 0) is 0 Å². The number of ether oxygens (including phenoxy) is 1. The third-order valence-electron chi connectivity index (χ3n) is 3.24. The number of aliphatic hydroxyl groups excluding tert-OH is 1. The summed E-state index contributed by atoms with van der Waals surface area (Å²) in [6, 6.07) is 6.06. The SMILES string of the molecule is CCOc1cccc(NC2CCCC2CO)n1. The first-order valence-electron chi connectivity index (χ1n) is 6.30. The second kappa shape index (κ2) is 5.87. The van der Waals surface area contributed by atoms with E-state index in [1.807, 2.05) is 25.1 Å². The molecule has 1 heterocycles. The zero-order chi connectivity index (χ0) is 12.1. The molecular formula is C13H20N2O2. The average molecular weight is 236 g/mol. The fourth-order valence-electron chi connectivity index (χ4n) is 2.36. The highest BCUT2D eigenvalue weighted by atomic mass is 16.5. The molecule has 0 bridgehead atoms. The monoisotopic (exact) mass is 236 g/mol. The molecule has 0 aliphatic heterocycles. The van der Waals surface area contributed by atoms with E-state index in [0.29, 0.717) is 24.4 Å². The maximum absolute atomic E-state index is 9.27. The fraction of sp³-hybridized carbons (Fsp3) is 0.615. The van der Waals surface area contributed by atoms with Crippen molar-refractivity contribution in [1.29, 1.82) is 0 Å². The van der Waals surface area contributed by atoms with Crippen LogP contribution in [0.5, 0.6) is 5.88 Å². The lowest BCUT2D eigenvalue weighted by Crippen LogP contribution is -2.26. The first kappa shape index (κ1) is 12.2. The Morgan fingerprint density at radius 3 is 3.12 bits per heavy atom. The van der Waals surface area contributed by atoms with Crippen LogP contribution in [0.15, 0.2) is 18.2 Å². The Morgan fingerprint density at radius 2 is 2.35 bits per heavy atom. The second-order valence-electron chi connectivity index (χ2n) is 4.42. The molecular weight excluding hydrogens is 216 g/mol. The summed E-state index contributed by atoms with van der Waals surface area (Å²) in [6.45, 7) is 2.82. The van der Waals surface area contributed by atoms with Gasteiger partial charge in [0.25, 0.3) is 0 Å². The van der Waals surface area contributed by atoms with E-state index in [4.69, 9.17) is 4.74 Å². The molecule has 1 aromatic heterocycles. The lowest BCUT2D eigenvalue weighted by molar-refractivity contribution is 0.222. The van der Waals surface area contributed by atoms with Crippen LogP contribution in [0, 0.1) is 5.92 Å². The Kier molecular flexibility index (Phi) is 4.20. The first-order valence-corrected chi connectivity index (χ1v) is 6.30. The van der Waals surface area contributed by atoms with Gasteiger partial charge in [0.05, 0.1) is 6.61 Å². The molecule has 94 valence electrons. The molecule has 1 aromatic rings. The van der Waals surface area contributed by atoms with Gasteiger partial charge in [0.2, 0.25) is 5.88 Å². The van der Waals surface area contributed by atoms with Gasteiger partial charge in [0.15, 0.2) is 0 Å². The highest BCUT2D eigenvalue weighted by Crippen LogP contribution is 2.28. The smallest absolute Gasteiger partial charge is 0.215 e. The molecule has 4 nitrogen and oxygen atoms in total. The Balaban J connectivity index is 2.00. The molecule has 1 aliphatic carbocycles. The summed E-state index contributed by atoms with van der Waals surface area (Å²) in [7, 11) is 0. The zero-order valence-corrected chi connectivity index (χ0v) is 10.2. The largest absolute Gasteiger partial charge is 0.478 e. The average Bonchev–Trinajstić information content (AvgIpc) is 2.77. The van der Waals surface area contributed by atoms with Crippen LogP contribution in [0.1, 0.15) is 26.2 Å². The van der Waals surface area contributed by atoms with Gasteiger partial charge in [0.1, 0.15) is 5.82 Å². The molecule has 0 amide bonds. The number of aliphatic hydroxyl groups is 1. The van der Waals surface area contributed by atoms with Crippen LogP contribution in [0.3, 0.4) is 0 Å². The van der Waals surface area contributed by atoms with Crippen molar-refractivity contribution < 1.29 is 9.84 Å². The van der Waals surface area contributed by atoms with Crippen molar-refractivity contribution >= 4 is 5.82 Å². The summed E-state index contributed by atoms with van der Waals surface area (Å²) >= 11 is 0. The van der Waals surface area contributed by atoms with Crippen LogP contribution < -0.4 is 10.1 Å². The van der Waals surface area contributed by atoms with Crippen LogP contribution in [-0.4, -0.2) is 29.3 Å². The summed E-state index contributed by atoms with van der Waals surface area (Å²) in [5, 5.41) is 12.7. The molecule has 1 saturated carbocycles. The van der Waals surface area contributed by atoms with Crippen molar-refractivity contribution in [2.75, 3.05) is 18.5 Å². The number of anilines is 1. The molecule has 0 radical (unpaired) electrons. The van der Waals surface area contributed by atoms with Crippen molar-refractivity contribution in [2.24, 2.45) is 5.92 Å². The number of aromatic nitrogens is 1. The van der Waals surface area contributed by atoms with Gasteiger partial charge in [0, 0.05) is 24.6 Å². The third-order valence-corrected chi connectivity index (χ3v) is 3.24. The van der Waals surface area contributed by atoms with Gasteiger partial charge in [-0.05, 0) is 25.8 Å². The molecule has 0 aromatic carbocycles. The minimum atomic E-state index is 0.253. The van der Waals surface area contributed by atoms with E-state index in [0.717, 1.165) is 18.7 Å². The summed E-state index contributed by atoms with van der Waals surface area (Å²) in [5.74, 6) is 1.84. The number of nitrogens with one attached hydrogen (secondary N) is 1. The number of hydrogen-bond acceptors (Lipinski definition) is 4. The second-order valence-corrected chi connectivity index (χ2v) is 4.42. The van der Waals surface area contributed by atoms with Crippen molar-refractivity contribution in [2.45, 2.75) is 32.2 Å². The fourth-order valence-corrected chi connectivity index (χ4v) is 2.36. The maximum Gasteiger partial charge on any atom is 0.215 e. The van der Waals surface area contributed by atoms with Crippen LogP contribution in [0.4, 0.5) is 5.82 Å². The predicted octanol–water partition coefficient (Wildman–Crippen LogP) is 2.05. The quantitative estimate of drug-likeness (QED) is 0.821. The number of nitrogens with zero attached hydrogens (tertiary/aromatic N) is 1. The summed E-state index contributed by atoms with van der Waals surface area (Å²) in [4.78, 5) is 4.38. The van der Waals surface area contributed by atoms with E-state index >= 15 is 0 Å². The Morgan fingerprint density at radius 1 is 1.47 bits per heavy atom. The summed E-state index contributed by atoms with van der Waals surface area (Å²) < 4.78 is 5.36. The van der Waals surface area contributed by atoms with Gasteiger partial charge in [-0.15, -0.1) is 0 Å². The number of hydrogen-bond donors (Lipinski definition) is 2. The van der Waals surface area contributed by atoms with Gasteiger partial charge in [-0.25, -0.2) is 0 Å². The van der Waals surface area contributed by atoms with E-state index in [1.165, 1.54) is 6.42 Å². The molecule has 4 heteroatoms. The zero-order valence-electron chi connectivity index (χ0n) is 10.2. The minimum absolute atomic E-state index is 0.253. The number of rotatable bonds is 5. The first-order chi connectivity index (χ1) is 8.33. The highest BCUT2D eigenvalue weighted by molar-refractivity contribution is 5.38. The Bertz CT molecular complexity index is 357. The van der Waals surface area contributed by atoms with Crippen LogP contribution >= 0.6 is 0 Å². The number of pyridine rings is 1. The van der Waals surface area contributed by atoms with Crippen molar-refractivity contribution in [3.63, 3.8) is 0 Å². The molecule has 0 spiro atoms. The molecule has 2 atom stereocenters. The van der Waals surface area contributed by atoms with Gasteiger partial charge in [-0.1, -0.05) is 12.5 Å². The van der Waals surface area contributed by atoms with E-state index in [-0.39, 0.29) is 6.61 Å². The van der Waals surface area contributed by atoms with Crippen molar-refractivity contribution in [3.8, 4) is 5.88 Å². The van der Waals surface area contributed by atoms with E-state index in [9.17, 15) is 5.11 Å². The minimum Gasteiger partial charge on any atom is -0.478 e. The van der Waals surface area contributed by atoms with Gasteiger partial charge >= 0.3 is 0 Å². The Hall–Kier alpha value is -1.29. The molecule has 1 aliphatic rings. The van der Waals surface area contributed by atoms with E-state index < -0.39 is 0 Å². The van der Waals surface area contributed by atoms with Crippen molar-refractivity contribution in [1.82, 2.24) is 4.98 Å². The highest BCUT2D eigenvalue weighted by Gasteiger charge is 2.26. The lowest BCUT2D eigenvalue weighted by Gasteiger charge is -2.19. The molecule has 2 N–H and O–H groups in total. The normalized spacial score (nSPS) is 23.6. The van der Waals surface area contributed by atoms with Crippen molar-refractivity contribution in [3.05, 3.63) is 18.2 Å². The predicted molar refractivity (Wildman–Crippen MR) is 67.2 cm³/mol. The van der Waals surface area contributed by atoms with Gasteiger partial charge in [-0.2, -0.15) is 4.98 Å². The van der Waals surface area contributed by atoms with Crippen LogP contribution in [0.25, 0.3) is 0 Å². The van der Waals surface area contributed by atoms with Crippen LogP contribution in [0.2, 0.25) is 0 Å². The topological polar surface area (TPSA) is 54.4 Å². The van der Waals surface area contributed by atoms with Gasteiger partial charge < -0.3 is 15.2 Å². The third kappa shape index (κ3) is 3.09. The van der Waals surface area contributed by atoms with E-state index in [1.54, 1.807) is 0 Å². The molecule has 2 unspecified atom stereocenters. The Labute approximate surface area is 102 Å².